The molecule has 0 saturated carbocycles. The summed E-state index contributed by atoms with van der Waals surface area (Å²) in [5.41, 5.74) is 4.43. The lowest BCUT2D eigenvalue weighted by Gasteiger charge is -2.41. The number of rotatable bonds is 13. The molecule has 4 N–H and O–H groups in total. The number of fused-ring (bicyclic) bond motifs is 1. The fourth-order valence-electron chi connectivity index (χ4n) is 11.0. The van der Waals surface area contributed by atoms with Gasteiger partial charge in [-0.3, -0.25) is 34.1 Å². The molecule has 5 fully saturated rings. The highest BCUT2D eigenvalue weighted by Crippen LogP contribution is 2.38. The minimum Gasteiger partial charge on any atom is -0.381 e. The summed E-state index contributed by atoms with van der Waals surface area (Å²) >= 11 is 0. The van der Waals surface area contributed by atoms with Gasteiger partial charge in [0.2, 0.25) is 17.7 Å². The van der Waals surface area contributed by atoms with Crippen molar-refractivity contribution in [1.82, 2.24) is 50.2 Å². The Hall–Kier alpha value is -6.62. The third-order valence-corrected chi connectivity index (χ3v) is 15.4. The molecule has 4 aromatic heterocycles. The van der Waals surface area contributed by atoms with Gasteiger partial charge in [0.05, 0.1) is 54.0 Å². The van der Waals surface area contributed by atoms with E-state index in [9.17, 15) is 24.4 Å². The van der Waals surface area contributed by atoms with Crippen LogP contribution < -0.4 is 26.2 Å². The number of Topliss-reactive ketones (excluding diaryl/α,β-unsaturated/α-hetero) is 1. The fourth-order valence-corrected chi connectivity index (χ4v) is 11.0. The number of nitriles is 1. The molecule has 3 amide bonds. The first-order valence-corrected chi connectivity index (χ1v) is 24.9. The Balaban J connectivity index is 0.756. The third kappa shape index (κ3) is 9.90. The summed E-state index contributed by atoms with van der Waals surface area (Å²) in [4.78, 5) is 65.4. The molecule has 5 aromatic rings. The smallest absolute Gasteiger partial charge is 0.249 e. The number of ether oxygens (including phenoxy) is 1. The van der Waals surface area contributed by atoms with E-state index >= 15 is 4.39 Å². The number of halogens is 1. The molecule has 366 valence electrons. The molecule has 5 aliphatic rings. The lowest BCUT2D eigenvalue weighted by molar-refractivity contribution is -0.134. The molecule has 0 radical (unpaired) electrons. The Labute approximate surface area is 405 Å². The van der Waals surface area contributed by atoms with Crippen LogP contribution in [0.3, 0.4) is 0 Å². The van der Waals surface area contributed by atoms with Crippen LogP contribution in [-0.2, 0) is 23.9 Å². The molecule has 10 rings (SSSR count). The van der Waals surface area contributed by atoms with E-state index < -0.39 is 17.4 Å². The monoisotopic (exact) mass is 953 g/mol. The number of hydrogen-bond donors (Lipinski definition) is 4. The molecule has 0 bridgehead atoms. The van der Waals surface area contributed by atoms with Gasteiger partial charge in [-0.25, -0.2) is 18.9 Å². The van der Waals surface area contributed by atoms with Gasteiger partial charge in [-0.05, 0) is 120 Å². The Morgan fingerprint density at radius 2 is 1.77 bits per heavy atom. The summed E-state index contributed by atoms with van der Waals surface area (Å²) in [7, 11) is 0. The number of nitrogens with one attached hydrogen (secondary N) is 4. The summed E-state index contributed by atoms with van der Waals surface area (Å²) < 4.78 is 24.5. The molecule has 1 aromatic carbocycles. The number of hydrogen-bond acceptors (Lipinski definition) is 14. The predicted molar refractivity (Wildman–Crippen MR) is 258 cm³/mol. The highest BCUT2D eigenvalue weighted by molar-refractivity contribution is 6.01. The zero-order chi connectivity index (χ0) is 48.4. The number of imide groups is 1. The molecule has 0 aliphatic carbocycles. The number of piperidine rings is 4. The third-order valence-electron chi connectivity index (χ3n) is 15.4. The van der Waals surface area contributed by atoms with Crippen molar-refractivity contribution in [2.75, 3.05) is 62.7 Å². The number of anilines is 2. The highest BCUT2D eigenvalue weighted by Gasteiger charge is 2.41. The van der Waals surface area contributed by atoms with Gasteiger partial charge in [-0.2, -0.15) is 15.5 Å². The molecular formula is C51H60FN13O5. The average Bonchev–Trinajstić information content (AvgIpc) is 4.06. The van der Waals surface area contributed by atoms with Crippen molar-refractivity contribution in [3.63, 3.8) is 0 Å². The van der Waals surface area contributed by atoms with E-state index in [4.69, 9.17) is 19.8 Å². The quantitative estimate of drug-likeness (QED) is 0.115. The molecule has 19 heteroatoms. The summed E-state index contributed by atoms with van der Waals surface area (Å²) in [5.74, 6) is 0.0864. The number of carbonyl (C=O) groups is 4. The molecular weight excluding hydrogens is 894 g/mol. The minimum atomic E-state index is -0.583. The van der Waals surface area contributed by atoms with Gasteiger partial charge >= 0.3 is 0 Å². The van der Waals surface area contributed by atoms with Crippen LogP contribution in [0.25, 0.3) is 28.0 Å². The van der Waals surface area contributed by atoms with Crippen molar-refractivity contribution in [1.29, 1.82) is 5.26 Å². The Kier molecular flexibility index (Phi) is 13.7. The molecule has 5 saturated heterocycles. The van der Waals surface area contributed by atoms with Crippen molar-refractivity contribution in [3.05, 3.63) is 78.3 Å². The Bertz CT molecular complexity index is 2780. The van der Waals surface area contributed by atoms with Gasteiger partial charge in [0.1, 0.15) is 34.8 Å². The van der Waals surface area contributed by atoms with E-state index in [0.717, 1.165) is 68.3 Å². The van der Waals surface area contributed by atoms with Crippen LogP contribution in [0.4, 0.5) is 15.9 Å². The summed E-state index contributed by atoms with van der Waals surface area (Å²) in [5, 5.41) is 31.5. The maximum atomic E-state index is 15.4. The van der Waals surface area contributed by atoms with Crippen molar-refractivity contribution >= 4 is 40.5 Å². The van der Waals surface area contributed by atoms with Crippen molar-refractivity contribution in [2.24, 2.45) is 5.41 Å². The van der Waals surface area contributed by atoms with Crippen LogP contribution in [0.15, 0.2) is 61.3 Å². The number of pyridine rings is 1. The maximum Gasteiger partial charge on any atom is 0.249 e. The summed E-state index contributed by atoms with van der Waals surface area (Å²) in [6.07, 6.45) is 16.3. The van der Waals surface area contributed by atoms with E-state index in [0.29, 0.717) is 99.0 Å². The van der Waals surface area contributed by atoms with Crippen molar-refractivity contribution < 1.29 is 28.3 Å². The highest BCUT2D eigenvalue weighted by atomic mass is 19.1. The molecule has 0 spiro atoms. The van der Waals surface area contributed by atoms with E-state index in [1.54, 1.807) is 41.4 Å². The topological polar surface area (TPSA) is 217 Å². The standard InChI is InChI=1S/C51H60FN13O5/c1-2-51(50(69)59-36-12-21-70-22-13-36)14-19-63(20-15-51)45-7-3-33(26-55-45)47-48-34(25-53)27-57-65(48)30-43(60-47)35-28-56-64(29-35)38-9-16-54-42(24-38)44(66)31-62-17-10-32(11-18-62)39-5-4-37(23-40(39)52)58-41-6-8-46(67)61-49(41)68/h3-5,7,23,26-30,32,36,38,41-42,54,58H,2,6,8-22,24,31H2,1H3,(H,59,69)(H,61,67,68). The molecule has 70 heavy (non-hydrogen) atoms. The second-order valence-corrected chi connectivity index (χ2v) is 19.6. The van der Waals surface area contributed by atoms with Gasteiger partial charge in [-0.1, -0.05) is 13.0 Å². The van der Waals surface area contributed by atoms with E-state index in [-0.39, 0.29) is 53.9 Å². The van der Waals surface area contributed by atoms with E-state index in [1.165, 1.54) is 6.07 Å². The minimum absolute atomic E-state index is 0.0152. The summed E-state index contributed by atoms with van der Waals surface area (Å²) in [6, 6.07) is 10.4. The lowest BCUT2D eigenvalue weighted by Crippen LogP contribution is -2.52. The number of amides is 3. The first-order chi connectivity index (χ1) is 34.1. The number of nitrogens with zero attached hydrogens (tertiary/aromatic N) is 9. The van der Waals surface area contributed by atoms with Crippen LogP contribution in [0.5, 0.6) is 0 Å². The van der Waals surface area contributed by atoms with Gasteiger partial charge in [0.25, 0.3) is 0 Å². The molecule has 9 heterocycles. The van der Waals surface area contributed by atoms with Crippen LogP contribution in [0.2, 0.25) is 0 Å². The van der Waals surface area contributed by atoms with Gasteiger partial charge in [-0.15, -0.1) is 0 Å². The normalized spacial score (nSPS) is 22.6. The number of aromatic nitrogens is 6. The number of benzene rings is 1. The lowest BCUT2D eigenvalue weighted by atomic mass is 9.75. The SMILES string of the molecule is CCC1(C(=O)NC2CCOCC2)CCN(c2ccc(-c3nc(-c4cnn(C5CCNC(C(=O)CN6CCC(c7ccc(NC8CCC(=O)NC8=O)cc7F)CC6)C5)c4)cn4ncc(C#N)c34)cn2)CC1. The number of likely N-dealkylation sites (tertiary alicyclic amines) is 1. The molecule has 18 nitrogen and oxygen atoms in total. The molecule has 3 atom stereocenters. The first kappa shape index (κ1) is 47.1. The maximum absolute atomic E-state index is 15.4. The van der Waals surface area contributed by atoms with E-state index in [1.807, 2.05) is 23.0 Å². The summed E-state index contributed by atoms with van der Waals surface area (Å²) in [6.45, 7) is 7.23. The Morgan fingerprint density at radius 3 is 2.50 bits per heavy atom. The number of carbonyl (C=O) groups excluding carboxylic acids is 4. The predicted octanol–water partition coefficient (Wildman–Crippen LogP) is 4.92. The van der Waals surface area contributed by atoms with Crippen LogP contribution in [0, 0.1) is 22.6 Å². The molecule has 3 unspecified atom stereocenters. The largest absolute Gasteiger partial charge is 0.381 e. The average molecular weight is 954 g/mol. The zero-order valence-electron chi connectivity index (χ0n) is 39.5. The van der Waals surface area contributed by atoms with Crippen LogP contribution in [-0.4, -0.2) is 128 Å². The van der Waals surface area contributed by atoms with Crippen LogP contribution in [0.1, 0.15) is 101 Å². The second-order valence-electron chi connectivity index (χ2n) is 19.6. The second kappa shape index (κ2) is 20.4. The zero-order valence-corrected chi connectivity index (χ0v) is 39.5. The van der Waals surface area contributed by atoms with Gasteiger partial charge < -0.3 is 25.6 Å². The van der Waals surface area contributed by atoms with Crippen LogP contribution >= 0.6 is 0 Å². The van der Waals surface area contributed by atoms with E-state index in [2.05, 4.69) is 49.2 Å². The van der Waals surface area contributed by atoms with Gasteiger partial charge in [0, 0.05) is 68.0 Å². The van der Waals surface area contributed by atoms with Crippen molar-refractivity contribution in [2.45, 2.75) is 108 Å². The van der Waals surface area contributed by atoms with Gasteiger partial charge in [0.15, 0.2) is 5.78 Å². The number of ketones is 1. The first-order valence-electron chi connectivity index (χ1n) is 24.9. The molecule has 5 aliphatic heterocycles. The van der Waals surface area contributed by atoms with Crippen molar-refractivity contribution in [3.8, 4) is 28.6 Å². The Morgan fingerprint density at radius 1 is 0.957 bits per heavy atom. The fraction of sp³-hybridized carbons (Fsp3) is 0.510.